The van der Waals surface area contributed by atoms with Crippen molar-refractivity contribution >= 4 is 23.7 Å². The lowest BCUT2D eigenvalue weighted by atomic mass is 10.2. The monoisotopic (exact) mass is 476 g/mol. The van der Waals surface area contributed by atoms with Crippen molar-refractivity contribution in [1.82, 2.24) is 15.2 Å². The number of amides is 1. The molecule has 0 unspecified atom stereocenters. The molecule has 6 nitrogen and oxygen atoms in total. The molecule has 0 bridgehead atoms. The van der Waals surface area contributed by atoms with Crippen molar-refractivity contribution in [2.24, 2.45) is 5.10 Å². The molecule has 1 aliphatic rings. The summed E-state index contributed by atoms with van der Waals surface area (Å²) in [5.41, 5.74) is 5.78. The Morgan fingerprint density at radius 3 is 2.32 bits per heavy atom. The van der Waals surface area contributed by atoms with E-state index in [1.807, 2.05) is 72.8 Å². The Bertz CT molecular complexity index is 1080. The van der Waals surface area contributed by atoms with E-state index in [0.717, 1.165) is 60.2 Å². The molecule has 0 aliphatic carbocycles. The summed E-state index contributed by atoms with van der Waals surface area (Å²) in [5, 5.41) is 4.90. The number of piperazine rings is 1. The van der Waals surface area contributed by atoms with E-state index in [2.05, 4.69) is 26.4 Å². The number of rotatable bonds is 9. The Morgan fingerprint density at radius 1 is 0.912 bits per heavy atom. The van der Waals surface area contributed by atoms with E-state index < -0.39 is 0 Å². The van der Waals surface area contributed by atoms with Crippen LogP contribution in [0.5, 0.6) is 5.75 Å². The number of hydrogen-bond donors (Lipinski definition) is 1. The molecule has 1 N–H and O–H groups in total. The van der Waals surface area contributed by atoms with Crippen LogP contribution in [-0.4, -0.2) is 54.6 Å². The molecular formula is C27H29ClN4O2. The smallest absolute Gasteiger partial charge is 0.254 e. The number of ether oxygens (including phenoxy) is 1. The SMILES string of the molecule is O=C(CN1CCN(Cc2ccccc2Cl)CC1)N/N=C\c1ccc(OCc2ccccc2)cc1. The van der Waals surface area contributed by atoms with Crippen LogP contribution in [0.4, 0.5) is 0 Å². The quantitative estimate of drug-likeness (QED) is 0.371. The van der Waals surface area contributed by atoms with Gasteiger partial charge in [-0.25, -0.2) is 5.43 Å². The van der Waals surface area contributed by atoms with Gasteiger partial charge >= 0.3 is 0 Å². The lowest BCUT2D eigenvalue weighted by molar-refractivity contribution is -0.122. The summed E-state index contributed by atoms with van der Waals surface area (Å²) in [6.07, 6.45) is 1.64. The Labute approximate surface area is 205 Å². The summed E-state index contributed by atoms with van der Waals surface area (Å²) in [6, 6.07) is 25.6. The molecule has 0 aromatic heterocycles. The van der Waals surface area contributed by atoms with Gasteiger partial charge in [-0.3, -0.25) is 14.6 Å². The molecule has 1 fully saturated rings. The Morgan fingerprint density at radius 2 is 1.59 bits per heavy atom. The maximum atomic E-state index is 12.3. The first-order valence-electron chi connectivity index (χ1n) is 11.4. The number of carbonyl (C=O) groups is 1. The summed E-state index contributed by atoms with van der Waals surface area (Å²) < 4.78 is 5.79. The Balaban J connectivity index is 1.15. The van der Waals surface area contributed by atoms with E-state index in [1.165, 1.54) is 0 Å². The molecule has 4 rings (SSSR count). The van der Waals surface area contributed by atoms with Gasteiger partial charge in [-0.15, -0.1) is 0 Å². The fourth-order valence-electron chi connectivity index (χ4n) is 3.78. The maximum Gasteiger partial charge on any atom is 0.254 e. The van der Waals surface area contributed by atoms with Crippen molar-refractivity contribution in [3.8, 4) is 5.75 Å². The highest BCUT2D eigenvalue weighted by Gasteiger charge is 2.19. The van der Waals surface area contributed by atoms with E-state index >= 15 is 0 Å². The van der Waals surface area contributed by atoms with Gasteiger partial charge in [-0.2, -0.15) is 5.10 Å². The van der Waals surface area contributed by atoms with Crippen molar-refractivity contribution in [2.45, 2.75) is 13.2 Å². The normalized spacial score (nSPS) is 14.9. The minimum absolute atomic E-state index is 0.112. The van der Waals surface area contributed by atoms with Crippen molar-refractivity contribution in [3.05, 3.63) is 101 Å². The number of carbonyl (C=O) groups excluding carboxylic acids is 1. The van der Waals surface area contributed by atoms with Crippen molar-refractivity contribution in [1.29, 1.82) is 0 Å². The van der Waals surface area contributed by atoms with Crippen LogP contribution >= 0.6 is 11.6 Å². The van der Waals surface area contributed by atoms with Crippen LogP contribution in [0.25, 0.3) is 0 Å². The fraction of sp³-hybridized carbons (Fsp3) is 0.259. The molecule has 0 atom stereocenters. The summed E-state index contributed by atoms with van der Waals surface area (Å²) >= 11 is 6.27. The van der Waals surface area contributed by atoms with E-state index in [9.17, 15) is 4.79 Å². The van der Waals surface area contributed by atoms with E-state index in [4.69, 9.17) is 16.3 Å². The van der Waals surface area contributed by atoms with Crippen molar-refractivity contribution in [3.63, 3.8) is 0 Å². The van der Waals surface area contributed by atoms with Crippen LogP contribution in [0.1, 0.15) is 16.7 Å². The largest absolute Gasteiger partial charge is 0.489 e. The minimum atomic E-state index is -0.112. The molecule has 7 heteroatoms. The Hall–Kier alpha value is -3.19. The number of nitrogens with one attached hydrogen (secondary N) is 1. The molecule has 1 saturated heterocycles. The molecule has 3 aromatic rings. The summed E-state index contributed by atoms with van der Waals surface area (Å²) in [4.78, 5) is 16.8. The molecule has 0 radical (unpaired) electrons. The predicted molar refractivity (Wildman–Crippen MR) is 136 cm³/mol. The summed E-state index contributed by atoms with van der Waals surface area (Å²) in [7, 11) is 0. The average molecular weight is 477 g/mol. The third kappa shape index (κ3) is 7.42. The molecule has 1 heterocycles. The van der Waals surface area contributed by atoms with Gasteiger partial charge in [0.15, 0.2) is 0 Å². The van der Waals surface area contributed by atoms with Gasteiger partial charge in [-0.1, -0.05) is 60.1 Å². The number of hydrazone groups is 1. The van der Waals surface area contributed by atoms with Gasteiger partial charge in [0.1, 0.15) is 12.4 Å². The van der Waals surface area contributed by atoms with Crippen molar-refractivity contribution < 1.29 is 9.53 Å². The Kier molecular flexibility index (Phi) is 8.68. The second-order valence-electron chi connectivity index (χ2n) is 8.28. The summed E-state index contributed by atoms with van der Waals surface area (Å²) in [6.45, 7) is 5.18. The first kappa shape index (κ1) is 24.0. The van der Waals surface area contributed by atoms with Gasteiger partial charge in [0.05, 0.1) is 12.8 Å². The van der Waals surface area contributed by atoms with Gasteiger partial charge in [0.2, 0.25) is 0 Å². The standard InChI is InChI=1S/C27H29ClN4O2/c28-26-9-5-4-8-24(26)19-31-14-16-32(17-15-31)20-27(33)30-29-18-22-10-12-25(13-11-22)34-21-23-6-2-1-3-7-23/h1-13,18H,14-17,19-21H2,(H,30,33)/b29-18-. The van der Waals surface area contributed by atoms with Crippen molar-refractivity contribution in [2.75, 3.05) is 32.7 Å². The molecule has 3 aromatic carbocycles. The van der Waals surface area contributed by atoms with E-state index in [-0.39, 0.29) is 5.91 Å². The van der Waals surface area contributed by atoms with Gasteiger partial charge < -0.3 is 4.74 Å². The lowest BCUT2D eigenvalue weighted by Crippen LogP contribution is -2.48. The third-order valence-electron chi connectivity index (χ3n) is 5.72. The van der Waals surface area contributed by atoms with Gasteiger partial charge in [-0.05, 0) is 47.0 Å². The van der Waals surface area contributed by atoms with Crippen LogP contribution in [0.15, 0.2) is 84.0 Å². The molecule has 176 valence electrons. The number of benzene rings is 3. The van der Waals surface area contributed by atoms with Gasteiger partial charge in [0, 0.05) is 37.7 Å². The fourth-order valence-corrected chi connectivity index (χ4v) is 3.98. The average Bonchev–Trinajstić information content (AvgIpc) is 2.87. The van der Waals surface area contributed by atoms with Crippen LogP contribution in [0.2, 0.25) is 5.02 Å². The van der Waals surface area contributed by atoms with Crippen LogP contribution in [0, 0.1) is 0 Å². The maximum absolute atomic E-state index is 12.3. The van der Waals surface area contributed by atoms with E-state index in [1.54, 1.807) is 6.21 Å². The zero-order valence-corrected chi connectivity index (χ0v) is 19.8. The number of hydrogen-bond acceptors (Lipinski definition) is 5. The molecule has 0 spiro atoms. The molecular weight excluding hydrogens is 448 g/mol. The number of nitrogens with zero attached hydrogens (tertiary/aromatic N) is 3. The highest BCUT2D eigenvalue weighted by molar-refractivity contribution is 6.31. The second kappa shape index (κ2) is 12.3. The first-order chi connectivity index (χ1) is 16.7. The molecule has 34 heavy (non-hydrogen) atoms. The lowest BCUT2D eigenvalue weighted by Gasteiger charge is -2.34. The highest BCUT2D eigenvalue weighted by Crippen LogP contribution is 2.18. The van der Waals surface area contributed by atoms with Crippen LogP contribution < -0.4 is 10.2 Å². The topological polar surface area (TPSA) is 57.2 Å². The zero-order valence-electron chi connectivity index (χ0n) is 19.1. The van der Waals surface area contributed by atoms with E-state index in [0.29, 0.717) is 13.2 Å². The zero-order chi connectivity index (χ0) is 23.6. The summed E-state index contributed by atoms with van der Waals surface area (Å²) in [5.74, 6) is 0.678. The second-order valence-corrected chi connectivity index (χ2v) is 8.69. The number of halogens is 1. The molecule has 1 aliphatic heterocycles. The molecule has 0 saturated carbocycles. The molecule has 1 amide bonds. The first-order valence-corrected chi connectivity index (χ1v) is 11.8. The van der Waals surface area contributed by atoms with Crippen LogP contribution in [0.3, 0.4) is 0 Å². The third-order valence-corrected chi connectivity index (χ3v) is 6.08. The van der Waals surface area contributed by atoms with Gasteiger partial charge in [0.25, 0.3) is 5.91 Å². The minimum Gasteiger partial charge on any atom is -0.489 e. The predicted octanol–water partition coefficient (Wildman–Crippen LogP) is 4.19. The highest BCUT2D eigenvalue weighted by atomic mass is 35.5. The van der Waals surface area contributed by atoms with Crippen LogP contribution in [-0.2, 0) is 17.9 Å².